The van der Waals surface area contributed by atoms with E-state index >= 15 is 0 Å². The minimum Gasteiger partial charge on any atom is -0.493 e. The molecule has 0 heterocycles. The van der Waals surface area contributed by atoms with Crippen molar-refractivity contribution >= 4 is 5.69 Å². The van der Waals surface area contributed by atoms with Crippen LogP contribution in [0.5, 0.6) is 17.2 Å². The number of anilines is 1. The van der Waals surface area contributed by atoms with Crippen LogP contribution in [-0.2, 0) is 0 Å². The summed E-state index contributed by atoms with van der Waals surface area (Å²) in [4.78, 5) is 0. The summed E-state index contributed by atoms with van der Waals surface area (Å²) in [6.45, 7) is 2.22. The van der Waals surface area contributed by atoms with E-state index in [-0.39, 0.29) is 0 Å². The predicted molar refractivity (Wildman–Crippen MR) is 81.1 cm³/mol. The third kappa shape index (κ3) is 3.30. The van der Waals surface area contributed by atoms with Crippen LogP contribution in [0.3, 0.4) is 0 Å². The topological polar surface area (TPSA) is 39.7 Å². The van der Waals surface area contributed by atoms with Gasteiger partial charge in [0.1, 0.15) is 0 Å². The molecule has 1 aromatic carbocycles. The van der Waals surface area contributed by atoms with Crippen LogP contribution >= 0.6 is 0 Å². The lowest BCUT2D eigenvalue weighted by Crippen LogP contribution is -2.23. The second-order valence-electron chi connectivity index (χ2n) is 5.49. The summed E-state index contributed by atoms with van der Waals surface area (Å²) in [6, 6.07) is 4.36. The van der Waals surface area contributed by atoms with Crippen LogP contribution in [0.15, 0.2) is 12.1 Å². The van der Waals surface area contributed by atoms with Gasteiger partial charge in [0.25, 0.3) is 0 Å². The minimum absolute atomic E-state index is 0.447. The zero-order chi connectivity index (χ0) is 14.5. The standard InChI is InChI=1S/C16H25NO3/c1-11(8-12-6-5-7-12)17-13-9-14(18-2)16(20-4)15(10-13)19-3/h9-12,17H,5-8H2,1-4H3. The van der Waals surface area contributed by atoms with E-state index in [2.05, 4.69) is 12.2 Å². The van der Waals surface area contributed by atoms with Crippen LogP contribution in [0.25, 0.3) is 0 Å². The molecular weight excluding hydrogens is 254 g/mol. The number of nitrogens with one attached hydrogen (secondary N) is 1. The molecule has 20 heavy (non-hydrogen) atoms. The maximum atomic E-state index is 5.37. The highest BCUT2D eigenvalue weighted by atomic mass is 16.5. The summed E-state index contributed by atoms with van der Waals surface area (Å²) >= 11 is 0. The number of methoxy groups -OCH3 is 3. The van der Waals surface area contributed by atoms with Crippen molar-refractivity contribution in [2.75, 3.05) is 26.6 Å². The summed E-state index contributed by atoms with van der Waals surface area (Å²) in [5.74, 6) is 2.89. The normalized spacial score (nSPS) is 16.2. The van der Waals surface area contributed by atoms with E-state index in [9.17, 15) is 0 Å². The number of hydrogen-bond donors (Lipinski definition) is 1. The van der Waals surface area contributed by atoms with E-state index in [1.807, 2.05) is 12.1 Å². The molecule has 1 aliphatic carbocycles. The zero-order valence-corrected chi connectivity index (χ0v) is 12.9. The van der Waals surface area contributed by atoms with Crippen molar-refractivity contribution in [3.63, 3.8) is 0 Å². The summed E-state index contributed by atoms with van der Waals surface area (Å²) in [6.07, 6.45) is 5.36. The Morgan fingerprint density at radius 3 is 2.10 bits per heavy atom. The average Bonchev–Trinajstić information content (AvgIpc) is 2.41. The lowest BCUT2D eigenvalue weighted by atomic mass is 9.81. The fraction of sp³-hybridized carbons (Fsp3) is 0.625. The number of ether oxygens (including phenoxy) is 3. The molecule has 1 atom stereocenters. The van der Waals surface area contributed by atoms with Crippen molar-refractivity contribution in [2.24, 2.45) is 5.92 Å². The quantitative estimate of drug-likeness (QED) is 0.826. The van der Waals surface area contributed by atoms with E-state index in [0.29, 0.717) is 23.3 Å². The van der Waals surface area contributed by atoms with Crippen LogP contribution in [0.2, 0.25) is 0 Å². The molecule has 0 aliphatic heterocycles. The molecule has 4 nitrogen and oxygen atoms in total. The van der Waals surface area contributed by atoms with Gasteiger partial charge in [0.15, 0.2) is 11.5 Å². The maximum Gasteiger partial charge on any atom is 0.203 e. The highest BCUT2D eigenvalue weighted by molar-refractivity contribution is 5.62. The van der Waals surface area contributed by atoms with Crippen LogP contribution in [0.1, 0.15) is 32.6 Å². The summed E-state index contributed by atoms with van der Waals surface area (Å²) in [5.41, 5.74) is 1.01. The van der Waals surface area contributed by atoms with Crippen LogP contribution in [-0.4, -0.2) is 27.4 Å². The molecule has 0 saturated heterocycles. The maximum absolute atomic E-state index is 5.37. The van der Waals surface area contributed by atoms with Gasteiger partial charge in [-0.05, 0) is 19.3 Å². The van der Waals surface area contributed by atoms with E-state index in [0.717, 1.165) is 11.6 Å². The summed E-state index contributed by atoms with van der Waals surface area (Å²) in [5, 5.41) is 3.53. The van der Waals surface area contributed by atoms with Gasteiger partial charge in [-0.2, -0.15) is 0 Å². The van der Waals surface area contributed by atoms with E-state index in [1.54, 1.807) is 21.3 Å². The fourth-order valence-electron chi connectivity index (χ4n) is 2.74. The van der Waals surface area contributed by atoms with Crippen molar-refractivity contribution in [3.05, 3.63) is 12.1 Å². The molecule has 0 amide bonds. The molecule has 1 aromatic rings. The second-order valence-corrected chi connectivity index (χ2v) is 5.49. The predicted octanol–water partition coefficient (Wildman–Crippen LogP) is 3.70. The molecule has 2 rings (SSSR count). The SMILES string of the molecule is COc1cc(NC(C)CC2CCC2)cc(OC)c1OC. The van der Waals surface area contributed by atoms with E-state index in [1.165, 1.54) is 25.7 Å². The van der Waals surface area contributed by atoms with Crippen molar-refractivity contribution in [1.29, 1.82) is 0 Å². The van der Waals surface area contributed by atoms with Crippen molar-refractivity contribution in [1.82, 2.24) is 0 Å². The van der Waals surface area contributed by atoms with Crippen LogP contribution < -0.4 is 19.5 Å². The van der Waals surface area contributed by atoms with Gasteiger partial charge < -0.3 is 19.5 Å². The first-order valence-corrected chi connectivity index (χ1v) is 7.24. The van der Waals surface area contributed by atoms with Crippen LogP contribution in [0.4, 0.5) is 5.69 Å². The smallest absolute Gasteiger partial charge is 0.203 e. The van der Waals surface area contributed by atoms with Gasteiger partial charge in [-0.15, -0.1) is 0 Å². The Labute approximate surface area is 121 Å². The molecule has 112 valence electrons. The van der Waals surface area contributed by atoms with Crippen molar-refractivity contribution in [2.45, 2.75) is 38.6 Å². The molecule has 0 spiro atoms. The Hall–Kier alpha value is -1.58. The second kappa shape index (κ2) is 6.73. The lowest BCUT2D eigenvalue weighted by Gasteiger charge is -2.29. The molecule has 0 radical (unpaired) electrons. The molecule has 0 aromatic heterocycles. The zero-order valence-electron chi connectivity index (χ0n) is 12.9. The molecule has 4 heteroatoms. The molecule has 1 unspecified atom stereocenters. The Bertz CT molecular complexity index is 418. The Morgan fingerprint density at radius 2 is 1.70 bits per heavy atom. The monoisotopic (exact) mass is 279 g/mol. The average molecular weight is 279 g/mol. The first-order valence-electron chi connectivity index (χ1n) is 7.24. The largest absolute Gasteiger partial charge is 0.493 e. The Balaban J connectivity index is 2.10. The van der Waals surface area contributed by atoms with Gasteiger partial charge in [-0.3, -0.25) is 0 Å². The first kappa shape index (κ1) is 14.8. The molecular formula is C16H25NO3. The summed E-state index contributed by atoms with van der Waals surface area (Å²) < 4.78 is 16.1. The summed E-state index contributed by atoms with van der Waals surface area (Å²) in [7, 11) is 4.89. The Kier molecular flexibility index (Phi) is 4.99. The van der Waals surface area contributed by atoms with Crippen molar-refractivity contribution < 1.29 is 14.2 Å². The minimum atomic E-state index is 0.447. The molecule has 1 N–H and O–H groups in total. The molecule has 1 saturated carbocycles. The van der Waals surface area contributed by atoms with Gasteiger partial charge in [-0.1, -0.05) is 19.3 Å². The van der Waals surface area contributed by atoms with Crippen LogP contribution in [0, 0.1) is 5.92 Å². The van der Waals surface area contributed by atoms with Gasteiger partial charge in [-0.25, -0.2) is 0 Å². The molecule has 0 bridgehead atoms. The molecule has 1 fully saturated rings. The number of rotatable bonds is 7. The highest BCUT2D eigenvalue weighted by Gasteiger charge is 2.20. The van der Waals surface area contributed by atoms with Crippen molar-refractivity contribution in [3.8, 4) is 17.2 Å². The lowest BCUT2D eigenvalue weighted by molar-refractivity contribution is 0.285. The van der Waals surface area contributed by atoms with Gasteiger partial charge in [0, 0.05) is 23.9 Å². The van der Waals surface area contributed by atoms with Gasteiger partial charge >= 0.3 is 0 Å². The van der Waals surface area contributed by atoms with E-state index in [4.69, 9.17) is 14.2 Å². The third-order valence-corrected chi connectivity index (χ3v) is 3.99. The first-order chi connectivity index (χ1) is 9.67. The van der Waals surface area contributed by atoms with E-state index < -0.39 is 0 Å². The highest BCUT2D eigenvalue weighted by Crippen LogP contribution is 2.40. The third-order valence-electron chi connectivity index (χ3n) is 3.99. The molecule has 1 aliphatic rings. The van der Waals surface area contributed by atoms with Gasteiger partial charge in [0.05, 0.1) is 21.3 Å². The number of benzene rings is 1. The Morgan fingerprint density at radius 1 is 1.10 bits per heavy atom. The number of hydrogen-bond acceptors (Lipinski definition) is 4. The fourth-order valence-corrected chi connectivity index (χ4v) is 2.74. The van der Waals surface area contributed by atoms with Gasteiger partial charge in [0.2, 0.25) is 5.75 Å².